The fourth-order valence-corrected chi connectivity index (χ4v) is 11.9. The van der Waals surface area contributed by atoms with Crippen LogP contribution in [0.25, 0.3) is 0 Å². The van der Waals surface area contributed by atoms with E-state index >= 15 is 0 Å². The van der Waals surface area contributed by atoms with Crippen LogP contribution in [-0.4, -0.2) is 21.7 Å². The van der Waals surface area contributed by atoms with Crippen LogP contribution >= 0.6 is 0 Å². The molecule has 0 nitrogen and oxygen atoms in total. The van der Waals surface area contributed by atoms with Crippen LogP contribution in [-0.2, 0) is 0 Å². The molecule has 1 heterocycles. The number of allylic oxidation sites excluding steroid dienone is 4. The van der Waals surface area contributed by atoms with Crippen LogP contribution in [0.5, 0.6) is 0 Å². The maximum Gasteiger partial charge on any atom is 0.0943 e. The van der Waals surface area contributed by atoms with Gasteiger partial charge in [0.2, 0.25) is 0 Å². The van der Waals surface area contributed by atoms with Gasteiger partial charge in [0, 0.05) is 8.41 Å². The minimum absolute atomic E-state index is 0.291. The van der Waals surface area contributed by atoms with Crippen molar-refractivity contribution < 1.29 is 0 Å². The Hall–Kier alpha value is -0.996. The third-order valence-corrected chi connectivity index (χ3v) is 12.7. The molecule has 1 aliphatic carbocycles. The summed E-state index contributed by atoms with van der Waals surface area (Å²) in [6, 6.07) is 14.3. The molecule has 0 spiro atoms. The number of fused-ring (bicyclic) bond motifs is 1. The molecule has 1 aliphatic heterocycles. The van der Waals surface area contributed by atoms with Gasteiger partial charge in [0.15, 0.2) is 0 Å². The van der Waals surface area contributed by atoms with Crippen LogP contribution in [0.1, 0.15) is 6.42 Å². The van der Waals surface area contributed by atoms with E-state index in [2.05, 4.69) is 67.7 Å². The molecular formula is C17H22Si2. The molecule has 0 amide bonds. The number of benzene rings is 1. The van der Waals surface area contributed by atoms with E-state index < -0.39 is 8.07 Å². The van der Waals surface area contributed by atoms with Crippen molar-refractivity contribution in [3.8, 4) is 0 Å². The SMILES string of the molecule is C[Si]1=C2C=CC=C[C@@H]2[Si@](C)(c2ccccc2)CCC1. The van der Waals surface area contributed by atoms with Crippen LogP contribution in [0, 0.1) is 0 Å². The first kappa shape index (κ1) is 13.0. The van der Waals surface area contributed by atoms with Crippen molar-refractivity contribution in [3.63, 3.8) is 0 Å². The lowest BCUT2D eigenvalue weighted by atomic mass is 10.2. The smallest absolute Gasteiger partial charge is 0.0798 e. The summed E-state index contributed by atoms with van der Waals surface area (Å²) in [6.07, 6.45) is 10.9. The average molecular weight is 283 g/mol. The summed E-state index contributed by atoms with van der Waals surface area (Å²) in [6.45, 7) is 5.12. The molecule has 0 N–H and O–H groups in total. The minimum Gasteiger partial charge on any atom is -0.0798 e. The monoisotopic (exact) mass is 282 g/mol. The van der Waals surface area contributed by atoms with Gasteiger partial charge in [0.25, 0.3) is 0 Å². The van der Waals surface area contributed by atoms with Crippen LogP contribution in [0.2, 0.25) is 30.7 Å². The molecule has 0 saturated heterocycles. The van der Waals surface area contributed by atoms with E-state index in [1.165, 1.54) is 18.5 Å². The summed E-state index contributed by atoms with van der Waals surface area (Å²) in [5.74, 6) is 0. The molecule has 0 saturated carbocycles. The van der Waals surface area contributed by atoms with Gasteiger partial charge < -0.3 is 0 Å². The van der Waals surface area contributed by atoms with Crippen LogP contribution in [0.3, 0.4) is 0 Å². The quantitative estimate of drug-likeness (QED) is 0.688. The lowest BCUT2D eigenvalue weighted by Gasteiger charge is -2.36. The van der Waals surface area contributed by atoms with Gasteiger partial charge in [-0.25, -0.2) is 0 Å². The lowest BCUT2D eigenvalue weighted by Crippen LogP contribution is -2.50. The second-order valence-corrected chi connectivity index (χ2v) is 13.3. The predicted octanol–water partition coefficient (Wildman–Crippen LogP) is 3.75. The molecule has 0 fully saturated rings. The maximum absolute atomic E-state index is 2.61. The predicted molar refractivity (Wildman–Crippen MR) is 90.6 cm³/mol. The Morgan fingerprint density at radius 2 is 1.95 bits per heavy atom. The Morgan fingerprint density at radius 1 is 1.16 bits per heavy atom. The van der Waals surface area contributed by atoms with Gasteiger partial charge in [0.1, 0.15) is 0 Å². The number of rotatable bonds is 1. The van der Waals surface area contributed by atoms with E-state index in [1.807, 2.05) is 0 Å². The third kappa shape index (κ3) is 2.28. The highest BCUT2D eigenvalue weighted by Crippen LogP contribution is 2.35. The van der Waals surface area contributed by atoms with Crippen LogP contribution in [0.4, 0.5) is 0 Å². The third-order valence-electron chi connectivity index (χ3n) is 4.89. The lowest BCUT2D eigenvalue weighted by molar-refractivity contribution is 1.03. The van der Waals surface area contributed by atoms with Crippen molar-refractivity contribution >= 4 is 26.8 Å². The molecule has 0 bridgehead atoms. The van der Waals surface area contributed by atoms with Gasteiger partial charge in [-0.1, -0.05) is 90.6 Å². The zero-order valence-corrected chi connectivity index (χ0v) is 13.9. The maximum atomic E-state index is 2.61. The molecule has 0 aromatic heterocycles. The molecule has 0 radical (unpaired) electrons. The molecule has 19 heavy (non-hydrogen) atoms. The summed E-state index contributed by atoms with van der Waals surface area (Å²) in [4.78, 5) is 0. The van der Waals surface area contributed by atoms with Crippen LogP contribution < -0.4 is 5.19 Å². The number of hydrogen-bond donors (Lipinski definition) is 0. The van der Waals surface area contributed by atoms with Crippen molar-refractivity contribution in [3.05, 3.63) is 54.6 Å². The number of hydrogen-bond acceptors (Lipinski definition) is 0. The molecule has 2 heteroatoms. The highest BCUT2D eigenvalue weighted by atomic mass is 28.3. The zero-order chi connectivity index (χ0) is 13.3. The zero-order valence-electron chi connectivity index (χ0n) is 11.9. The Balaban J connectivity index is 2.11. The Labute approximate surface area is 119 Å². The van der Waals surface area contributed by atoms with Gasteiger partial charge >= 0.3 is 0 Å². The Bertz CT molecular complexity index is 554. The molecule has 3 rings (SSSR count). The standard InChI is InChI=1S/C17H22Si2/c1-18-13-8-14-19(2,15-9-4-3-5-10-15)17-12-7-6-11-16(17)18/h3-7,9-12,17H,8,13-14H2,1-2H3/t17-,19-/m0/s1. The largest absolute Gasteiger partial charge is 0.0943 e. The second-order valence-electron chi connectivity index (χ2n) is 6.09. The van der Waals surface area contributed by atoms with E-state index in [0.29, 0.717) is 0 Å². The molecule has 2 atom stereocenters. The molecule has 0 unspecified atom stereocenters. The van der Waals surface area contributed by atoms with E-state index in [9.17, 15) is 0 Å². The summed E-state index contributed by atoms with van der Waals surface area (Å²) in [5.41, 5.74) is 0.751. The van der Waals surface area contributed by atoms with Crippen molar-refractivity contribution in [1.82, 2.24) is 0 Å². The first-order valence-corrected chi connectivity index (χ1v) is 12.3. The van der Waals surface area contributed by atoms with Crippen molar-refractivity contribution in [2.75, 3.05) is 0 Å². The fraction of sp³-hybridized carbons (Fsp3) is 0.353. The molecule has 1 aromatic carbocycles. The van der Waals surface area contributed by atoms with Crippen molar-refractivity contribution in [2.45, 2.75) is 37.1 Å². The normalized spacial score (nSPS) is 30.1. The van der Waals surface area contributed by atoms with Gasteiger partial charge in [-0.3, -0.25) is 0 Å². The molecule has 1 aromatic rings. The minimum atomic E-state index is -1.42. The highest BCUT2D eigenvalue weighted by molar-refractivity contribution is 6.98. The summed E-state index contributed by atoms with van der Waals surface area (Å²) >= 11 is 0. The van der Waals surface area contributed by atoms with Crippen LogP contribution in [0.15, 0.2) is 54.6 Å². The Kier molecular flexibility index (Phi) is 3.54. The van der Waals surface area contributed by atoms with E-state index in [4.69, 9.17) is 0 Å². The van der Waals surface area contributed by atoms with Crippen molar-refractivity contribution in [1.29, 1.82) is 0 Å². The van der Waals surface area contributed by atoms with E-state index in [0.717, 1.165) is 5.54 Å². The first-order chi connectivity index (χ1) is 9.22. The van der Waals surface area contributed by atoms with Gasteiger partial charge in [-0.2, -0.15) is 0 Å². The summed E-state index contributed by atoms with van der Waals surface area (Å²) in [7, 11) is -1.71. The molecule has 98 valence electrons. The molecule has 2 aliphatic rings. The first-order valence-electron chi connectivity index (χ1n) is 7.32. The molecular weight excluding hydrogens is 260 g/mol. The van der Waals surface area contributed by atoms with Gasteiger partial charge in [0.05, 0.1) is 8.07 Å². The highest BCUT2D eigenvalue weighted by Gasteiger charge is 2.40. The summed E-state index contributed by atoms with van der Waals surface area (Å²) in [5, 5.41) is 3.44. The fourth-order valence-electron chi connectivity index (χ4n) is 3.67. The van der Waals surface area contributed by atoms with E-state index in [-0.39, 0.29) is 8.41 Å². The van der Waals surface area contributed by atoms with Gasteiger partial charge in [-0.15, -0.1) is 0 Å². The average Bonchev–Trinajstić information content (AvgIpc) is 2.59. The topological polar surface area (TPSA) is 0 Å². The van der Waals surface area contributed by atoms with Crippen molar-refractivity contribution in [2.24, 2.45) is 0 Å². The Morgan fingerprint density at radius 3 is 2.74 bits per heavy atom. The summed E-state index contributed by atoms with van der Waals surface area (Å²) < 4.78 is 0. The second kappa shape index (κ2) is 5.18. The van der Waals surface area contributed by atoms with Gasteiger partial charge in [-0.05, 0) is 11.6 Å². The van der Waals surface area contributed by atoms with E-state index in [1.54, 1.807) is 10.4 Å².